The monoisotopic (exact) mass is 352 g/mol. The first-order valence-corrected chi connectivity index (χ1v) is 9.07. The molecule has 1 aromatic heterocycles. The van der Waals surface area contributed by atoms with Crippen LogP contribution >= 0.6 is 11.3 Å². The van der Waals surface area contributed by atoms with Crippen molar-refractivity contribution in [3.8, 4) is 16.3 Å². The molecule has 0 fully saturated rings. The molecule has 4 nitrogen and oxygen atoms in total. The zero-order chi connectivity index (χ0) is 17.6. The summed E-state index contributed by atoms with van der Waals surface area (Å²) >= 11 is 1.52. The average Bonchev–Trinajstić information content (AvgIpc) is 3.06. The minimum absolute atomic E-state index is 0.0706. The topological polar surface area (TPSA) is 51.2 Å². The SMILES string of the molecule is CCOc1ccccc1-c1nc(CC(=O)Nc2ccc(C)cc2)cs1. The van der Waals surface area contributed by atoms with Gasteiger partial charge in [-0.2, -0.15) is 0 Å². The van der Waals surface area contributed by atoms with Crippen molar-refractivity contribution in [2.45, 2.75) is 20.3 Å². The number of aryl methyl sites for hydroxylation is 1. The van der Waals surface area contributed by atoms with E-state index in [4.69, 9.17) is 4.74 Å². The summed E-state index contributed by atoms with van der Waals surface area (Å²) in [5.41, 5.74) is 3.68. The quantitative estimate of drug-likeness (QED) is 0.700. The average molecular weight is 352 g/mol. The summed E-state index contributed by atoms with van der Waals surface area (Å²) in [7, 11) is 0. The van der Waals surface area contributed by atoms with Crippen molar-refractivity contribution < 1.29 is 9.53 Å². The van der Waals surface area contributed by atoms with Crippen LogP contribution in [0.3, 0.4) is 0 Å². The molecule has 0 saturated carbocycles. The first-order valence-electron chi connectivity index (χ1n) is 8.19. The van der Waals surface area contributed by atoms with E-state index in [9.17, 15) is 4.79 Å². The van der Waals surface area contributed by atoms with Gasteiger partial charge in [-0.25, -0.2) is 4.98 Å². The second-order valence-corrected chi connectivity index (χ2v) is 6.52. The highest BCUT2D eigenvalue weighted by Gasteiger charge is 2.12. The molecule has 1 amide bonds. The molecule has 0 aliphatic rings. The van der Waals surface area contributed by atoms with Crippen molar-refractivity contribution in [2.24, 2.45) is 0 Å². The summed E-state index contributed by atoms with van der Waals surface area (Å²) in [6.45, 7) is 4.58. The third-order valence-electron chi connectivity index (χ3n) is 3.65. The van der Waals surface area contributed by atoms with Crippen LogP contribution < -0.4 is 10.1 Å². The zero-order valence-electron chi connectivity index (χ0n) is 14.3. The van der Waals surface area contributed by atoms with Crippen LogP contribution in [0.2, 0.25) is 0 Å². The van der Waals surface area contributed by atoms with Gasteiger partial charge >= 0.3 is 0 Å². The highest BCUT2D eigenvalue weighted by Crippen LogP contribution is 2.32. The Morgan fingerprint density at radius 1 is 1.16 bits per heavy atom. The van der Waals surface area contributed by atoms with E-state index in [2.05, 4.69) is 10.3 Å². The molecule has 0 saturated heterocycles. The summed E-state index contributed by atoms with van der Waals surface area (Å²) in [5, 5.41) is 5.69. The predicted molar refractivity (Wildman–Crippen MR) is 102 cm³/mol. The minimum Gasteiger partial charge on any atom is -0.493 e. The van der Waals surface area contributed by atoms with Crippen LogP contribution in [0.5, 0.6) is 5.75 Å². The predicted octanol–water partition coefficient (Wildman–Crippen LogP) is 4.70. The van der Waals surface area contributed by atoms with E-state index in [1.165, 1.54) is 11.3 Å². The molecule has 1 heterocycles. The lowest BCUT2D eigenvalue weighted by atomic mass is 10.2. The van der Waals surface area contributed by atoms with Gasteiger partial charge in [-0.1, -0.05) is 29.8 Å². The van der Waals surface area contributed by atoms with Crippen molar-refractivity contribution in [1.29, 1.82) is 0 Å². The summed E-state index contributed by atoms with van der Waals surface area (Å²) in [6, 6.07) is 15.6. The van der Waals surface area contributed by atoms with E-state index in [1.54, 1.807) is 0 Å². The molecular formula is C20H20N2O2S. The van der Waals surface area contributed by atoms with Crippen molar-refractivity contribution in [1.82, 2.24) is 4.98 Å². The van der Waals surface area contributed by atoms with Crippen molar-refractivity contribution in [3.05, 3.63) is 65.2 Å². The lowest BCUT2D eigenvalue weighted by molar-refractivity contribution is -0.115. The van der Waals surface area contributed by atoms with Crippen molar-refractivity contribution in [2.75, 3.05) is 11.9 Å². The lowest BCUT2D eigenvalue weighted by Crippen LogP contribution is -2.14. The molecule has 0 unspecified atom stereocenters. The minimum atomic E-state index is -0.0706. The Kier molecular flexibility index (Phi) is 5.46. The van der Waals surface area contributed by atoms with E-state index >= 15 is 0 Å². The molecule has 3 rings (SSSR count). The molecule has 128 valence electrons. The van der Waals surface area contributed by atoms with Gasteiger partial charge in [-0.05, 0) is 38.1 Å². The van der Waals surface area contributed by atoms with E-state index in [1.807, 2.05) is 67.8 Å². The van der Waals surface area contributed by atoms with Gasteiger partial charge < -0.3 is 10.1 Å². The third-order valence-corrected chi connectivity index (χ3v) is 4.57. The zero-order valence-corrected chi connectivity index (χ0v) is 15.1. The Morgan fingerprint density at radius 2 is 1.92 bits per heavy atom. The summed E-state index contributed by atoms with van der Waals surface area (Å²) in [6.07, 6.45) is 0.251. The number of carbonyl (C=O) groups excluding carboxylic acids is 1. The lowest BCUT2D eigenvalue weighted by Gasteiger charge is -2.07. The number of nitrogens with one attached hydrogen (secondary N) is 1. The van der Waals surface area contributed by atoms with Crippen molar-refractivity contribution >= 4 is 22.9 Å². The number of aromatic nitrogens is 1. The number of hydrogen-bond acceptors (Lipinski definition) is 4. The second-order valence-electron chi connectivity index (χ2n) is 5.66. The van der Waals surface area contributed by atoms with Crippen LogP contribution in [0.4, 0.5) is 5.69 Å². The maximum Gasteiger partial charge on any atom is 0.230 e. The molecule has 0 aliphatic carbocycles. The summed E-state index contributed by atoms with van der Waals surface area (Å²) in [5.74, 6) is 0.744. The molecule has 3 aromatic rings. The van der Waals surface area contributed by atoms with Crippen LogP contribution in [0.15, 0.2) is 53.9 Å². The summed E-state index contributed by atoms with van der Waals surface area (Å²) < 4.78 is 5.66. The fourth-order valence-electron chi connectivity index (χ4n) is 2.44. The molecule has 0 spiro atoms. The highest BCUT2D eigenvalue weighted by molar-refractivity contribution is 7.13. The van der Waals surface area contributed by atoms with Crippen LogP contribution in [0.25, 0.3) is 10.6 Å². The third kappa shape index (κ3) is 4.45. The number of carbonyl (C=O) groups is 1. The Labute approximate surface area is 151 Å². The molecule has 25 heavy (non-hydrogen) atoms. The van der Waals surface area contributed by atoms with E-state index < -0.39 is 0 Å². The number of ether oxygens (including phenoxy) is 1. The Hall–Kier alpha value is -2.66. The largest absolute Gasteiger partial charge is 0.493 e. The maximum atomic E-state index is 12.2. The Morgan fingerprint density at radius 3 is 2.68 bits per heavy atom. The number of amides is 1. The molecule has 2 aromatic carbocycles. The van der Waals surface area contributed by atoms with Gasteiger partial charge in [-0.3, -0.25) is 4.79 Å². The number of hydrogen-bond donors (Lipinski definition) is 1. The van der Waals surface area contributed by atoms with Gasteiger partial charge in [0.2, 0.25) is 5.91 Å². The van der Waals surface area contributed by atoms with Gasteiger partial charge in [0.1, 0.15) is 10.8 Å². The number of anilines is 1. The fraction of sp³-hybridized carbons (Fsp3) is 0.200. The first-order chi connectivity index (χ1) is 12.2. The van der Waals surface area contributed by atoms with Crippen LogP contribution in [0, 0.1) is 6.92 Å². The molecule has 0 radical (unpaired) electrons. The molecule has 5 heteroatoms. The molecular weight excluding hydrogens is 332 g/mol. The van der Waals surface area contributed by atoms with Crippen molar-refractivity contribution in [3.63, 3.8) is 0 Å². The summed E-state index contributed by atoms with van der Waals surface area (Å²) in [4.78, 5) is 16.8. The molecule has 0 atom stereocenters. The number of thiazole rings is 1. The number of nitrogens with zero attached hydrogens (tertiary/aromatic N) is 1. The normalized spacial score (nSPS) is 10.5. The number of rotatable bonds is 6. The Balaban J connectivity index is 1.69. The van der Waals surface area contributed by atoms with Gasteiger partial charge in [-0.15, -0.1) is 11.3 Å². The van der Waals surface area contributed by atoms with E-state index in [-0.39, 0.29) is 12.3 Å². The van der Waals surface area contributed by atoms with Gasteiger partial charge in [0.25, 0.3) is 0 Å². The second kappa shape index (κ2) is 7.94. The highest BCUT2D eigenvalue weighted by atomic mass is 32.1. The number of para-hydroxylation sites is 1. The maximum absolute atomic E-state index is 12.2. The van der Waals surface area contributed by atoms with E-state index in [0.717, 1.165) is 33.3 Å². The van der Waals surface area contributed by atoms with Crippen LogP contribution in [0.1, 0.15) is 18.2 Å². The van der Waals surface area contributed by atoms with Crippen LogP contribution in [-0.4, -0.2) is 17.5 Å². The molecule has 1 N–H and O–H groups in total. The Bertz CT molecular complexity index is 856. The fourth-order valence-corrected chi connectivity index (χ4v) is 3.29. The number of benzene rings is 2. The standard InChI is InChI=1S/C20H20N2O2S/c1-3-24-18-7-5-4-6-17(18)20-22-16(13-25-20)12-19(23)21-15-10-8-14(2)9-11-15/h4-11,13H,3,12H2,1-2H3,(H,21,23). The van der Waals surface area contributed by atoms with E-state index in [0.29, 0.717) is 6.61 Å². The van der Waals surface area contributed by atoms with Crippen LogP contribution in [-0.2, 0) is 11.2 Å². The van der Waals surface area contributed by atoms with Gasteiger partial charge in [0.05, 0.1) is 24.3 Å². The first kappa shape index (κ1) is 17.2. The molecule has 0 aliphatic heterocycles. The smallest absolute Gasteiger partial charge is 0.230 e. The van der Waals surface area contributed by atoms with Gasteiger partial charge in [0.15, 0.2) is 0 Å². The molecule has 0 bridgehead atoms. The van der Waals surface area contributed by atoms with Gasteiger partial charge in [0, 0.05) is 11.1 Å².